The summed E-state index contributed by atoms with van der Waals surface area (Å²) in [6.07, 6.45) is 8.57. The van der Waals surface area contributed by atoms with Crippen LogP contribution in [0.3, 0.4) is 0 Å². The van der Waals surface area contributed by atoms with E-state index in [1.807, 2.05) is 175 Å². The molecule has 0 saturated heterocycles. The molecule has 0 aliphatic heterocycles. The van der Waals surface area contributed by atoms with Crippen molar-refractivity contribution in [2.24, 2.45) is 14.1 Å². The van der Waals surface area contributed by atoms with Gasteiger partial charge in [-0.3, -0.25) is 9.59 Å². The number of hydrogen-bond donors (Lipinski definition) is 2. The zero-order valence-electron chi connectivity index (χ0n) is 35.0. The lowest BCUT2D eigenvalue weighted by molar-refractivity contribution is 0.0989. The van der Waals surface area contributed by atoms with Crippen LogP contribution in [0.5, 0.6) is 0 Å². The molecule has 6 aromatic heterocycles. The minimum absolute atomic E-state index is 0. The molecule has 1 atom stereocenters. The summed E-state index contributed by atoms with van der Waals surface area (Å²) in [5.41, 5.74) is 4.56. The fraction of sp³-hybridized carbons (Fsp3) is 0.143. The van der Waals surface area contributed by atoms with Gasteiger partial charge in [-0.1, -0.05) is 142 Å². The molecule has 0 spiro atoms. The number of imidazole rings is 1. The lowest BCUT2D eigenvalue weighted by atomic mass is 10.0. The molecule has 10 rings (SSSR count). The molecule has 0 fully saturated rings. The third-order valence-corrected chi connectivity index (χ3v) is 13.4. The molecule has 0 radical (unpaired) electrons. The maximum Gasteiger partial charge on any atom is 0.291 e. The van der Waals surface area contributed by atoms with Gasteiger partial charge in [0.25, 0.3) is 5.56 Å². The highest BCUT2D eigenvalue weighted by Crippen LogP contribution is 2.36. The number of anilines is 4. The summed E-state index contributed by atoms with van der Waals surface area (Å²) in [7, 11) is 3.81. The number of hydrogen-bond acceptors (Lipinski definition) is 16. The van der Waals surface area contributed by atoms with Crippen LogP contribution >= 0.6 is 46.2 Å². The fourth-order valence-corrected chi connectivity index (χ4v) is 9.51. The minimum Gasteiger partial charge on any atom is -0.329 e. The van der Waals surface area contributed by atoms with Gasteiger partial charge in [-0.2, -0.15) is 24.6 Å². The van der Waals surface area contributed by atoms with Gasteiger partial charge in [-0.05, 0) is 71.6 Å². The summed E-state index contributed by atoms with van der Waals surface area (Å²) in [6, 6.07) is 40.7. The van der Waals surface area contributed by atoms with E-state index in [1.165, 1.54) is 51.3 Å². The van der Waals surface area contributed by atoms with Gasteiger partial charge in [-0.25, -0.2) is 9.97 Å². The zero-order chi connectivity index (χ0) is 45.0. The molecule has 19 heteroatoms. The van der Waals surface area contributed by atoms with E-state index in [4.69, 9.17) is 0 Å². The number of rotatable bonds is 12. The number of ketones is 1. The first-order valence-electron chi connectivity index (χ1n) is 19.9. The normalized spacial score (nSPS) is 11.1. The van der Waals surface area contributed by atoms with Crippen molar-refractivity contribution in [3.63, 3.8) is 0 Å². The number of carbonyl (C=O) groups excluding carboxylic acids is 1. The number of aryl methyl sites for hydroxylation is 3. The van der Waals surface area contributed by atoms with E-state index < -0.39 is 0 Å². The number of thiazole rings is 1. The van der Waals surface area contributed by atoms with Gasteiger partial charge in [0.2, 0.25) is 22.0 Å². The number of Topliss-reactive ketones (excluding diaryl/α,β-unsaturated/α-hetero) is 1. The molecular formula is C49H51N13O2S4. The summed E-state index contributed by atoms with van der Waals surface area (Å²) in [5.74, 6) is 0.998. The molecule has 0 amide bonds. The third-order valence-electron chi connectivity index (χ3n) is 9.21. The van der Waals surface area contributed by atoms with Crippen molar-refractivity contribution >= 4 is 86.3 Å². The Balaban J connectivity index is 0.000000192. The van der Waals surface area contributed by atoms with E-state index in [0.717, 1.165) is 32.1 Å². The zero-order valence-corrected chi connectivity index (χ0v) is 38.3. The lowest BCUT2D eigenvalue weighted by Gasteiger charge is -2.15. The van der Waals surface area contributed by atoms with Gasteiger partial charge >= 0.3 is 0 Å². The molecule has 0 aliphatic rings. The van der Waals surface area contributed by atoms with Crippen LogP contribution in [0.4, 0.5) is 23.3 Å². The monoisotopic (exact) mass is 981 g/mol. The number of nitrogens with zero attached hydrogens (tertiary/aromatic N) is 11. The van der Waals surface area contributed by atoms with Crippen molar-refractivity contribution < 1.29 is 4.79 Å². The Morgan fingerprint density at radius 2 is 1.34 bits per heavy atom. The molecule has 348 valence electrons. The number of carbonyl (C=O) groups is 1. The maximum atomic E-state index is 12.9. The van der Waals surface area contributed by atoms with Crippen LogP contribution in [0.2, 0.25) is 0 Å². The molecule has 0 bridgehead atoms. The van der Waals surface area contributed by atoms with E-state index in [2.05, 4.69) is 50.8 Å². The Morgan fingerprint density at radius 3 is 1.87 bits per heavy atom. The SMILES string of the molecule is C.C.C.Cc1ccsc1/C=c1\sc2ncnn2c1=O.Cn1ccnc1Sc1nc(Nc2ccccc2)nc(Nc2ccccc2)n1.Cn1cnnc1SC(C(=O)c1ccccc1)c1ccccc1. The summed E-state index contributed by atoms with van der Waals surface area (Å²) < 4.78 is 5.75. The Bertz CT molecular complexity index is 3150. The predicted molar refractivity (Wildman–Crippen MR) is 279 cm³/mol. The van der Waals surface area contributed by atoms with Crippen LogP contribution in [0, 0.1) is 6.92 Å². The first-order chi connectivity index (χ1) is 31.8. The molecular weight excluding hydrogens is 931 g/mol. The van der Waals surface area contributed by atoms with Gasteiger partial charge < -0.3 is 19.8 Å². The van der Waals surface area contributed by atoms with Crippen molar-refractivity contribution in [2.45, 2.75) is 49.9 Å². The summed E-state index contributed by atoms with van der Waals surface area (Å²) in [6.45, 7) is 2.03. The predicted octanol–water partition coefficient (Wildman–Crippen LogP) is 10.8. The summed E-state index contributed by atoms with van der Waals surface area (Å²) in [5, 5.41) is 22.0. The van der Waals surface area contributed by atoms with E-state index in [0.29, 0.717) is 32.1 Å². The highest BCUT2D eigenvalue weighted by atomic mass is 32.2. The third kappa shape index (κ3) is 13.4. The second-order valence-electron chi connectivity index (χ2n) is 13.9. The number of thioether (sulfide) groups is 1. The van der Waals surface area contributed by atoms with Crippen LogP contribution in [-0.2, 0) is 14.1 Å². The highest BCUT2D eigenvalue weighted by Gasteiger charge is 2.25. The Kier molecular flexibility index (Phi) is 19.0. The number of benzene rings is 4. The van der Waals surface area contributed by atoms with Crippen LogP contribution in [0.15, 0.2) is 178 Å². The van der Waals surface area contributed by atoms with Crippen molar-refractivity contribution in [3.05, 3.63) is 194 Å². The van der Waals surface area contributed by atoms with Crippen molar-refractivity contribution in [3.8, 4) is 0 Å². The molecule has 15 nitrogen and oxygen atoms in total. The summed E-state index contributed by atoms with van der Waals surface area (Å²) >= 11 is 5.79. The molecule has 4 aromatic carbocycles. The van der Waals surface area contributed by atoms with Crippen LogP contribution in [0.1, 0.15) is 53.9 Å². The smallest absolute Gasteiger partial charge is 0.291 e. The van der Waals surface area contributed by atoms with Gasteiger partial charge in [0.15, 0.2) is 16.1 Å². The average Bonchev–Trinajstić information content (AvgIpc) is 4.19. The fourth-order valence-electron chi connectivity index (χ4n) is 5.92. The Labute approximate surface area is 411 Å². The molecule has 2 N–H and O–H groups in total. The number of nitrogens with one attached hydrogen (secondary N) is 2. The van der Waals surface area contributed by atoms with Crippen molar-refractivity contribution in [1.29, 1.82) is 0 Å². The number of aromatic nitrogens is 11. The van der Waals surface area contributed by atoms with Crippen LogP contribution in [0.25, 0.3) is 11.0 Å². The first-order valence-corrected chi connectivity index (χ1v) is 23.2. The molecule has 0 saturated carbocycles. The first kappa shape index (κ1) is 51.7. The Hall–Kier alpha value is -7.32. The molecule has 68 heavy (non-hydrogen) atoms. The summed E-state index contributed by atoms with van der Waals surface area (Å²) in [4.78, 5) is 48.4. The molecule has 1 unspecified atom stereocenters. The quantitative estimate of drug-likeness (QED) is 0.0873. The molecule has 0 aliphatic carbocycles. The number of para-hydroxylation sites is 2. The number of fused-ring (bicyclic) bond motifs is 1. The topological polar surface area (TPSA) is 176 Å². The second kappa shape index (κ2) is 25.0. The Morgan fingerprint density at radius 1 is 0.735 bits per heavy atom. The van der Waals surface area contributed by atoms with E-state index >= 15 is 0 Å². The second-order valence-corrected chi connectivity index (χ2v) is 17.8. The van der Waals surface area contributed by atoms with Crippen LogP contribution < -0.4 is 20.7 Å². The molecule has 10 aromatic rings. The van der Waals surface area contributed by atoms with E-state index in [1.54, 1.807) is 23.9 Å². The lowest BCUT2D eigenvalue weighted by Crippen LogP contribution is -2.23. The van der Waals surface area contributed by atoms with Gasteiger partial charge in [0, 0.05) is 48.3 Å². The van der Waals surface area contributed by atoms with E-state index in [9.17, 15) is 9.59 Å². The maximum absolute atomic E-state index is 12.9. The highest BCUT2D eigenvalue weighted by molar-refractivity contribution is 8.00. The van der Waals surface area contributed by atoms with Gasteiger partial charge in [0.05, 0.1) is 4.53 Å². The minimum atomic E-state index is -0.341. The van der Waals surface area contributed by atoms with Gasteiger partial charge in [-0.15, -0.1) is 21.5 Å². The number of thiophene rings is 1. The molecule has 6 heterocycles. The largest absolute Gasteiger partial charge is 0.329 e. The van der Waals surface area contributed by atoms with E-state index in [-0.39, 0.29) is 38.9 Å². The van der Waals surface area contributed by atoms with Crippen LogP contribution in [-0.4, -0.2) is 59.6 Å². The average molecular weight is 982 g/mol. The van der Waals surface area contributed by atoms with Crippen molar-refractivity contribution in [1.82, 2.24) is 53.9 Å². The van der Waals surface area contributed by atoms with Crippen molar-refractivity contribution in [2.75, 3.05) is 10.6 Å². The van der Waals surface area contributed by atoms with Gasteiger partial charge in [0.1, 0.15) is 17.9 Å². The standard InChI is InChI=1S/C19H17N7S.C17H15N3OS.C10H7N3OS2.3CH4/c1-26-13-12-20-19(26)27-18-24-16(21-14-8-4-2-5-9-14)23-17(25-18)22-15-10-6-3-7-11-15;1-20-12-18-19-17(20)22-16(14-10-6-3-7-11-14)15(21)13-8-4-2-5-9-13;1-6-2-3-15-7(6)4-8-9(14)13-10(16-8)11-5-12-13;;;/h2-13H,1H3,(H2,21,22,23,24,25);2-12,16H,1H3;2-5H,1H3;3*1H4/b;;8-4-;;;.